The van der Waals surface area contributed by atoms with E-state index in [9.17, 15) is 9.90 Å². The third kappa shape index (κ3) is 3.07. The molecule has 3 rings (SSSR count). The van der Waals surface area contributed by atoms with Gasteiger partial charge < -0.3 is 10.0 Å². The van der Waals surface area contributed by atoms with E-state index in [-0.39, 0.29) is 19.1 Å². The minimum Gasteiger partial charge on any atom is -0.394 e. The molecule has 0 bridgehead atoms. The Labute approximate surface area is 143 Å². The molecule has 24 heavy (non-hydrogen) atoms. The lowest BCUT2D eigenvalue weighted by Crippen LogP contribution is -2.49. The third-order valence-electron chi connectivity index (χ3n) is 4.89. The number of fused-ring (bicyclic) bond motifs is 1. The van der Waals surface area contributed by atoms with Crippen LogP contribution in [0.1, 0.15) is 24.5 Å². The average molecular weight is 324 g/mol. The Kier molecular flexibility index (Phi) is 4.97. The summed E-state index contributed by atoms with van der Waals surface area (Å²) < 4.78 is 0. The summed E-state index contributed by atoms with van der Waals surface area (Å²) >= 11 is 0. The van der Waals surface area contributed by atoms with Crippen LogP contribution in [0.2, 0.25) is 0 Å². The monoisotopic (exact) mass is 324 g/mol. The molecule has 1 aliphatic rings. The molecule has 0 heterocycles. The molecule has 4 nitrogen and oxygen atoms in total. The number of hydrogen-bond donors (Lipinski definition) is 2. The van der Waals surface area contributed by atoms with Crippen molar-refractivity contribution in [3.8, 4) is 0 Å². The first-order valence-corrected chi connectivity index (χ1v) is 8.50. The van der Waals surface area contributed by atoms with E-state index in [1.165, 1.54) is 5.56 Å². The van der Waals surface area contributed by atoms with Crippen LogP contribution in [0, 0.1) is 0 Å². The average Bonchev–Trinajstić information content (AvgIpc) is 3.01. The van der Waals surface area contributed by atoms with Gasteiger partial charge in [-0.2, -0.15) is 0 Å². The van der Waals surface area contributed by atoms with Gasteiger partial charge in [0.15, 0.2) is 0 Å². The highest BCUT2D eigenvalue weighted by Gasteiger charge is 2.38. The van der Waals surface area contributed by atoms with Crippen molar-refractivity contribution in [1.82, 2.24) is 5.32 Å². The number of likely N-dealkylation sites (N-methyl/N-ethyl adjacent to an activating group) is 1. The van der Waals surface area contributed by atoms with Gasteiger partial charge in [-0.25, -0.2) is 0 Å². The van der Waals surface area contributed by atoms with Gasteiger partial charge >= 0.3 is 0 Å². The molecule has 0 saturated carbocycles. The second kappa shape index (κ2) is 7.16. The summed E-state index contributed by atoms with van der Waals surface area (Å²) in [5.74, 6) is 0.0147. The Hall–Kier alpha value is -2.17. The maximum absolute atomic E-state index is 12.7. The number of carbonyl (C=O) groups excluding carboxylic acids is 1. The van der Waals surface area contributed by atoms with Crippen LogP contribution in [0.4, 0.5) is 5.69 Å². The van der Waals surface area contributed by atoms with Crippen LogP contribution in [-0.2, 0) is 16.8 Å². The van der Waals surface area contributed by atoms with E-state index < -0.39 is 5.54 Å². The summed E-state index contributed by atoms with van der Waals surface area (Å²) in [6, 6.07) is 17.8. The largest absolute Gasteiger partial charge is 0.394 e. The minimum absolute atomic E-state index is 0.00520. The molecule has 2 aromatic rings. The van der Waals surface area contributed by atoms with E-state index in [4.69, 9.17) is 0 Å². The number of hydrogen-bond acceptors (Lipinski definition) is 3. The zero-order valence-corrected chi connectivity index (χ0v) is 14.0. The standard InChI is InChI=1S/C20H24N2O2/c1-2-22(17-9-4-3-5-10-17)19(24)14-21-20(15-23)13-12-16-8-6-7-11-18(16)20/h3-11,21,23H,2,12-15H2,1H3. The highest BCUT2D eigenvalue weighted by molar-refractivity contribution is 5.94. The minimum atomic E-state index is -0.512. The Bertz CT molecular complexity index is 702. The number of amides is 1. The van der Waals surface area contributed by atoms with Gasteiger partial charge in [-0.1, -0.05) is 42.5 Å². The van der Waals surface area contributed by atoms with Crippen molar-refractivity contribution in [2.45, 2.75) is 25.3 Å². The number of benzene rings is 2. The van der Waals surface area contributed by atoms with Gasteiger partial charge in [-0.05, 0) is 43.0 Å². The fourth-order valence-electron chi connectivity index (χ4n) is 3.54. The van der Waals surface area contributed by atoms with Gasteiger partial charge in [-0.15, -0.1) is 0 Å². The molecule has 1 unspecified atom stereocenters. The number of aryl methyl sites for hydroxylation is 1. The summed E-state index contributed by atoms with van der Waals surface area (Å²) in [7, 11) is 0. The maximum atomic E-state index is 12.7. The van der Waals surface area contributed by atoms with E-state index in [0.29, 0.717) is 6.54 Å². The maximum Gasteiger partial charge on any atom is 0.240 e. The van der Waals surface area contributed by atoms with E-state index >= 15 is 0 Å². The zero-order valence-electron chi connectivity index (χ0n) is 14.0. The van der Waals surface area contributed by atoms with Gasteiger partial charge in [0.05, 0.1) is 18.7 Å². The highest BCUT2D eigenvalue weighted by atomic mass is 16.3. The second-order valence-corrected chi connectivity index (χ2v) is 6.22. The third-order valence-corrected chi connectivity index (χ3v) is 4.89. The van der Waals surface area contributed by atoms with Gasteiger partial charge in [0.2, 0.25) is 5.91 Å². The van der Waals surface area contributed by atoms with Crippen LogP contribution in [0.3, 0.4) is 0 Å². The molecule has 0 aromatic heterocycles. The van der Waals surface area contributed by atoms with Crippen LogP contribution in [0.15, 0.2) is 54.6 Å². The van der Waals surface area contributed by atoms with Gasteiger partial charge in [0.1, 0.15) is 0 Å². The van der Waals surface area contributed by atoms with Gasteiger partial charge in [0.25, 0.3) is 0 Å². The zero-order chi connectivity index (χ0) is 17.0. The first-order chi connectivity index (χ1) is 11.7. The lowest BCUT2D eigenvalue weighted by Gasteiger charge is -2.31. The lowest BCUT2D eigenvalue weighted by molar-refractivity contribution is -0.118. The Morgan fingerprint density at radius 2 is 1.88 bits per heavy atom. The predicted octanol–water partition coefficient (Wildman–Crippen LogP) is 2.46. The van der Waals surface area contributed by atoms with Crippen LogP contribution in [0.25, 0.3) is 0 Å². The molecule has 0 aliphatic heterocycles. The lowest BCUT2D eigenvalue weighted by atomic mass is 9.92. The van der Waals surface area contributed by atoms with Crippen molar-refractivity contribution < 1.29 is 9.90 Å². The van der Waals surface area contributed by atoms with Crippen LogP contribution in [-0.4, -0.2) is 30.7 Å². The number of aliphatic hydroxyl groups is 1. The second-order valence-electron chi connectivity index (χ2n) is 6.22. The quantitative estimate of drug-likeness (QED) is 0.858. The molecule has 1 aliphatic carbocycles. The van der Waals surface area contributed by atoms with E-state index in [1.54, 1.807) is 4.90 Å². The number of para-hydroxylation sites is 1. The van der Waals surface area contributed by atoms with E-state index in [0.717, 1.165) is 24.1 Å². The SMILES string of the molecule is CCN(C(=O)CNC1(CO)CCc2ccccc21)c1ccccc1. The van der Waals surface area contributed by atoms with Crippen molar-refractivity contribution in [3.05, 3.63) is 65.7 Å². The predicted molar refractivity (Wildman–Crippen MR) is 96.0 cm³/mol. The molecular weight excluding hydrogens is 300 g/mol. The first kappa shape index (κ1) is 16.7. The number of rotatable bonds is 6. The van der Waals surface area contributed by atoms with Crippen molar-refractivity contribution in [1.29, 1.82) is 0 Å². The molecule has 0 fully saturated rings. The molecule has 2 N–H and O–H groups in total. The molecule has 0 radical (unpaired) electrons. The highest BCUT2D eigenvalue weighted by Crippen LogP contribution is 2.36. The summed E-state index contributed by atoms with van der Waals surface area (Å²) in [5.41, 5.74) is 2.75. The number of nitrogens with one attached hydrogen (secondary N) is 1. The molecule has 2 aromatic carbocycles. The molecule has 1 amide bonds. The number of carbonyl (C=O) groups is 1. The van der Waals surface area contributed by atoms with Crippen molar-refractivity contribution in [2.24, 2.45) is 0 Å². The van der Waals surface area contributed by atoms with Gasteiger partial charge in [-0.3, -0.25) is 10.1 Å². The summed E-state index contributed by atoms with van der Waals surface area (Å²) in [6.45, 7) is 2.79. The summed E-state index contributed by atoms with van der Waals surface area (Å²) in [6.07, 6.45) is 1.74. The Morgan fingerprint density at radius 1 is 1.17 bits per heavy atom. The fourth-order valence-corrected chi connectivity index (χ4v) is 3.54. The molecule has 4 heteroatoms. The molecule has 126 valence electrons. The normalized spacial score (nSPS) is 19.1. The molecule has 0 spiro atoms. The Morgan fingerprint density at radius 3 is 2.58 bits per heavy atom. The Balaban J connectivity index is 1.73. The summed E-state index contributed by atoms with van der Waals surface area (Å²) in [4.78, 5) is 14.4. The van der Waals surface area contributed by atoms with E-state index in [1.807, 2.05) is 55.5 Å². The van der Waals surface area contributed by atoms with Crippen molar-refractivity contribution >= 4 is 11.6 Å². The number of anilines is 1. The van der Waals surface area contributed by atoms with Gasteiger partial charge in [0, 0.05) is 12.2 Å². The first-order valence-electron chi connectivity index (χ1n) is 8.50. The van der Waals surface area contributed by atoms with Crippen molar-refractivity contribution in [2.75, 3.05) is 24.6 Å². The van der Waals surface area contributed by atoms with E-state index in [2.05, 4.69) is 11.4 Å². The smallest absolute Gasteiger partial charge is 0.240 e. The summed E-state index contributed by atoms with van der Waals surface area (Å²) in [5, 5.41) is 13.3. The number of nitrogens with zero attached hydrogens (tertiary/aromatic N) is 1. The molecular formula is C20H24N2O2. The topological polar surface area (TPSA) is 52.6 Å². The van der Waals surface area contributed by atoms with Crippen LogP contribution >= 0.6 is 0 Å². The molecule has 0 saturated heterocycles. The number of aliphatic hydroxyl groups excluding tert-OH is 1. The fraction of sp³-hybridized carbons (Fsp3) is 0.350. The van der Waals surface area contributed by atoms with Crippen molar-refractivity contribution in [3.63, 3.8) is 0 Å². The molecule has 1 atom stereocenters. The van der Waals surface area contributed by atoms with Crippen LogP contribution in [0.5, 0.6) is 0 Å². The van der Waals surface area contributed by atoms with Crippen LogP contribution < -0.4 is 10.2 Å².